The Hall–Kier alpha value is -7.03. The summed E-state index contributed by atoms with van der Waals surface area (Å²) in [6.07, 6.45) is 0. The van der Waals surface area contributed by atoms with E-state index >= 15 is 0 Å². The van der Waals surface area contributed by atoms with Crippen LogP contribution in [0.1, 0.15) is 0 Å². The number of rotatable bonds is 6. The predicted octanol–water partition coefficient (Wildman–Crippen LogP) is 3.75. The predicted molar refractivity (Wildman–Crippen MR) is 271 cm³/mol. The van der Waals surface area contributed by atoms with Crippen molar-refractivity contribution >= 4 is 120 Å². The lowest BCUT2D eigenvalue weighted by atomic mass is 9.60. The van der Waals surface area contributed by atoms with Gasteiger partial charge in [-0.2, -0.15) is 0 Å². The summed E-state index contributed by atoms with van der Waals surface area (Å²) in [7, 11) is 11.2. The number of thiophene rings is 1. The Kier molecular flexibility index (Phi) is 8.86. The second kappa shape index (κ2) is 14.6. The van der Waals surface area contributed by atoms with Crippen molar-refractivity contribution in [1.29, 1.82) is 0 Å². The molecule has 4 aromatic heterocycles. The molecule has 11 aromatic rings. The molecule has 0 radical (unpaired) electrons. The van der Waals surface area contributed by atoms with E-state index in [0.29, 0.717) is 23.3 Å². The fourth-order valence-corrected chi connectivity index (χ4v) is 10.0. The van der Waals surface area contributed by atoms with Gasteiger partial charge in [-0.1, -0.05) is 126 Å². The molecule has 282 valence electrons. The first-order valence-electron chi connectivity index (χ1n) is 20.6. The molecule has 0 aliphatic carbocycles. The molecule has 0 saturated heterocycles. The monoisotopic (exact) mass is 794 g/mol. The van der Waals surface area contributed by atoms with Gasteiger partial charge >= 0.3 is 0 Å². The molecule has 0 amide bonds. The van der Waals surface area contributed by atoms with Crippen LogP contribution in [0.2, 0.25) is 0 Å². The normalized spacial score (nSPS) is 11.6. The van der Waals surface area contributed by atoms with E-state index in [4.69, 9.17) is 24.9 Å². The first-order valence-corrected chi connectivity index (χ1v) is 21.4. The summed E-state index contributed by atoms with van der Waals surface area (Å²) < 4.78 is 4.62. The van der Waals surface area contributed by atoms with Gasteiger partial charge in [-0.3, -0.25) is 0 Å². The van der Waals surface area contributed by atoms with E-state index in [-0.39, 0.29) is 0 Å². The maximum Gasteiger partial charge on any atom is 0.166 e. The molecule has 4 heterocycles. The molecule has 61 heavy (non-hydrogen) atoms. The zero-order chi connectivity index (χ0) is 41.4. The summed E-state index contributed by atoms with van der Waals surface area (Å²) >= 11 is 1.77. The standard InChI is InChI=1S/C49H35B5N6S/c50-38-37(39(51)41(53)42(54)40(38)52)44-45-43(31-19-9-12-22-36(31)61-45)55-48(56-44)28-23-24-35(60-33-20-10-7-17-29(33)30-18-8-11-21-34(30)60)32(25-28)49-58-46(26-13-3-1-4-14-26)57-47(59-49)27-15-5-2-6-16-27/h1-25H,50-54H2. The lowest BCUT2D eigenvalue weighted by Gasteiger charge is -2.20. The quantitative estimate of drug-likeness (QED) is 0.240. The number of hydrogen-bond acceptors (Lipinski definition) is 6. The minimum Gasteiger partial charge on any atom is -0.309 e. The molecule has 0 bridgehead atoms. The van der Waals surface area contributed by atoms with E-state index in [1.54, 1.807) is 11.3 Å². The molecule has 11 rings (SSSR count). The highest BCUT2D eigenvalue weighted by molar-refractivity contribution is 7.26. The molecule has 0 atom stereocenters. The summed E-state index contributed by atoms with van der Waals surface area (Å²) in [6.45, 7) is 0. The SMILES string of the molecule is Bc1c(B)c(B)c(-c2nc(-c3ccc(-n4c5ccccc5c5ccccc54)c(-c4nc(-c5ccccc5)nc(-c5ccccc5)n4)c3)nc3c2sc2ccccc23)c(B)c1B. The van der Waals surface area contributed by atoms with E-state index in [1.165, 1.54) is 48.3 Å². The summed E-state index contributed by atoms with van der Waals surface area (Å²) in [5.74, 6) is 2.41. The Balaban J connectivity index is 1.24. The number of hydrogen-bond donors (Lipinski definition) is 0. The number of fused-ring (bicyclic) bond motifs is 6. The van der Waals surface area contributed by atoms with Crippen LogP contribution in [0.4, 0.5) is 0 Å². The summed E-state index contributed by atoms with van der Waals surface area (Å²) in [5, 5.41) is 3.48. The van der Waals surface area contributed by atoms with E-state index in [1.807, 2.05) is 60.7 Å². The van der Waals surface area contributed by atoms with Crippen LogP contribution in [0.25, 0.3) is 105 Å². The third-order valence-corrected chi connectivity index (χ3v) is 13.6. The molecule has 0 aliphatic rings. The Morgan fingerprint density at radius 1 is 0.410 bits per heavy atom. The van der Waals surface area contributed by atoms with Gasteiger partial charge < -0.3 is 4.57 Å². The molecule has 0 spiro atoms. The van der Waals surface area contributed by atoms with Gasteiger partial charge in [0.2, 0.25) is 0 Å². The van der Waals surface area contributed by atoms with Crippen molar-refractivity contribution in [2.24, 2.45) is 0 Å². The third kappa shape index (κ3) is 6.04. The van der Waals surface area contributed by atoms with E-state index < -0.39 is 0 Å². The first kappa shape index (κ1) is 37.0. The Bertz CT molecular complexity index is 3410. The van der Waals surface area contributed by atoms with Crippen molar-refractivity contribution in [2.75, 3.05) is 0 Å². The highest BCUT2D eigenvalue weighted by Gasteiger charge is 2.24. The number of nitrogens with zero attached hydrogens (tertiary/aromatic N) is 6. The van der Waals surface area contributed by atoms with Gasteiger partial charge in [0.05, 0.1) is 32.6 Å². The summed E-state index contributed by atoms with van der Waals surface area (Å²) in [6, 6.07) is 52.6. The molecule has 12 heteroatoms. The molecule has 0 fully saturated rings. The molecule has 0 N–H and O–H groups in total. The number of aromatic nitrogens is 6. The second-order valence-corrected chi connectivity index (χ2v) is 16.9. The van der Waals surface area contributed by atoms with Crippen LogP contribution in [0.5, 0.6) is 0 Å². The molecule has 0 unspecified atom stereocenters. The van der Waals surface area contributed by atoms with Crippen molar-refractivity contribution < 1.29 is 0 Å². The second-order valence-electron chi connectivity index (χ2n) is 15.8. The van der Waals surface area contributed by atoms with Crippen LogP contribution < -0.4 is 27.3 Å². The number of para-hydroxylation sites is 2. The maximum absolute atomic E-state index is 5.57. The first-order chi connectivity index (χ1) is 29.8. The highest BCUT2D eigenvalue weighted by Crippen LogP contribution is 2.41. The van der Waals surface area contributed by atoms with Gasteiger partial charge in [0.1, 0.15) is 39.2 Å². The molecule has 0 saturated carbocycles. The lowest BCUT2D eigenvalue weighted by molar-refractivity contribution is 1.06. The van der Waals surface area contributed by atoms with E-state index in [9.17, 15) is 0 Å². The molecule has 0 aliphatic heterocycles. The van der Waals surface area contributed by atoms with Gasteiger partial charge in [-0.15, -0.1) is 27.7 Å². The molecular formula is C49H35B5N6S. The van der Waals surface area contributed by atoms with Crippen molar-refractivity contribution in [3.8, 4) is 62.5 Å². The summed E-state index contributed by atoms with van der Waals surface area (Å²) in [4.78, 5) is 26.6. The smallest absolute Gasteiger partial charge is 0.166 e. The van der Waals surface area contributed by atoms with Crippen LogP contribution in [0, 0.1) is 0 Å². The lowest BCUT2D eigenvalue weighted by Crippen LogP contribution is -2.55. The third-order valence-electron chi connectivity index (χ3n) is 12.5. The molecule has 6 nitrogen and oxygen atoms in total. The largest absolute Gasteiger partial charge is 0.309 e. The van der Waals surface area contributed by atoms with Gasteiger partial charge in [0, 0.05) is 43.1 Å². The zero-order valence-electron chi connectivity index (χ0n) is 34.5. The van der Waals surface area contributed by atoms with Gasteiger partial charge in [-0.25, -0.2) is 24.9 Å². The van der Waals surface area contributed by atoms with Crippen molar-refractivity contribution in [2.45, 2.75) is 0 Å². The Morgan fingerprint density at radius 3 is 1.51 bits per heavy atom. The van der Waals surface area contributed by atoms with Crippen molar-refractivity contribution in [1.82, 2.24) is 29.5 Å². The Labute approximate surface area is 361 Å². The van der Waals surface area contributed by atoms with Gasteiger partial charge in [0.25, 0.3) is 0 Å². The molecular weight excluding hydrogens is 759 g/mol. The van der Waals surface area contributed by atoms with Crippen LogP contribution in [-0.2, 0) is 0 Å². The minimum absolute atomic E-state index is 0.560. The maximum atomic E-state index is 5.57. The van der Waals surface area contributed by atoms with Crippen LogP contribution >= 0.6 is 11.3 Å². The topological polar surface area (TPSA) is 69.4 Å². The van der Waals surface area contributed by atoms with Crippen molar-refractivity contribution in [3.05, 3.63) is 152 Å². The van der Waals surface area contributed by atoms with Crippen molar-refractivity contribution in [3.63, 3.8) is 0 Å². The van der Waals surface area contributed by atoms with E-state index in [0.717, 1.165) is 60.3 Å². The fraction of sp³-hybridized carbons (Fsp3) is 0. The van der Waals surface area contributed by atoms with Crippen LogP contribution in [-0.4, -0.2) is 68.7 Å². The average Bonchev–Trinajstić information content (AvgIpc) is 3.86. The van der Waals surface area contributed by atoms with Gasteiger partial charge in [-0.05, 0) is 42.0 Å². The van der Waals surface area contributed by atoms with Crippen LogP contribution in [0.3, 0.4) is 0 Å². The summed E-state index contributed by atoms with van der Waals surface area (Å²) in [5.41, 5.74) is 16.2. The van der Waals surface area contributed by atoms with Gasteiger partial charge in [0.15, 0.2) is 23.3 Å². The zero-order valence-corrected chi connectivity index (χ0v) is 35.3. The van der Waals surface area contributed by atoms with E-state index in [2.05, 4.69) is 135 Å². The average molecular weight is 794 g/mol. The number of benzene rings is 7. The van der Waals surface area contributed by atoms with Crippen LogP contribution in [0.15, 0.2) is 152 Å². The minimum atomic E-state index is 0.560. The molecule has 7 aromatic carbocycles. The fourth-order valence-electron chi connectivity index (χ4n) is 8.91. The Morgan fingerprint density at radius 2 is 0.902 bits per heavy atom. The highest BCUT2D eigenvalue weighted by atomic mass is 32.1.